The maximum absolute atomic E-state index is 12.6. The third-order valence-corrected chi connectivity index (χ3v) is 4.60. The highest BCUT2D eigenvalue weighted by Crippen LogP contribution is 2.41. The first-order chi connectivity index (χ1) is 12.2. The van der Waals surface area contributed by atoms with E-state index in [-0.39, 0.29) is 6.09 Å². The highest BCUT2D eigenvalue weighted by Gasteiger charge is 2.44. The van der Waals surface area contributed by atoms with Gasteiger partial charge in [0.05, 0.1) is 0 Å². The second-order valence-electron chi connectivity index (χ2n) is 7.68. The van der Waals surface area contributed by atoms with Gasteiger partial charge in [0.1, 0.15) is 17.2 Å². The average Bonchev–Trinajstić information content (AvgIpc) is 3.01. The van der Waals surface area contributed by atoms with Gasteiger partial charge in [-0.25, -0.2) is 14.8 Å². The Kier molecular flexibility index (Phi) is 4.48. The maximum Gasteiger partial charge on any atom is 0.410 e. The lowest BCUT2D eigenvalue weighted by Crippen LogP contribution is -2.38. The van der Waals surface area contributed by atoms with Crippen molar-refractivity contribution in [3.05, 3.63) is 47.8 Å². The van der Waals surface area contributed by atoms with Crippen LogP contribution in [0.4, 0.5) is 16.4 Å². The van der Waals surface area contributed by atoms with E-state index in [0.29, 0.717) is 24.7 Å². The average molecular weight is 355 g/mol. The number of amides is 1. The summed E-state index contributed by atoms with van der Waals surface area (Å²) in [4.78, 5) is 22.8. The standard InChI is InChI=1S/C19H25N5O2/c1-18(2,3)26-17(25)24-9-8-19(12-24,13-4-6-15(20)22-10-13)14-5-7-16(21)23-11-14/h4-7,10-11H,8-9,12H2,1-3H3,(H2,20,22)(H2,21,23). The zero-order chi connectivity index (χ0) is 18.9. The number of likely N-dealkylation sites (tertiary alicyclic amines) is 1. The molecule has 0 atom stereocenters. The Balaban J connectivity index is 1.97. The minimum atomic E-state index is -0.534. The summed E-state index contributed by atoms with van der Waals surface area (Å²) in [5, 5.41) is 0. The molecule has 0 spiro atoms. The van der Waals surface area contributed by atoms with Crippen LogP contribution in [0.15, 0.2) is 36.7 Å². The van der Waals surface area contributed by atoms with Crippen molar-refractivity contribution in [2.24, 2.45) is 0 Å². The fourth-order valence-corrected chi connectivity index (χ4v) is 3.31. The van der Waals surface area contributed by atoms with Gasteiger partial charge >= 0.3 is 6.09 Å². The summed E-state index contributed by atoms with van der Waals surface area (Å²) in [6, 6.07) is 7.46. The quantitative estimate of drug-likeness (QED) is 0.857. The predicted molar refractivity (Wildman–Crippen MR) is 101 cm³/mol. The van der Waals surface area contributed by atoms with Crippen molar-refractivity contribution in [2.45, 2.75) is 38.2 Å². The molecule has 0 aromatic carbocycles. The maximum atomic E-state index is 12.6. The molecule has 26 heavy (non-hydrogen) atoms. The molecule has 0 saturated carbocycles. The van der Waals surface area contributed by atoms with Gasteiger partial charge in [0.2, 0.25) is 0 Å². The minimum absolute atomic E-state index is 0.314. The number of anilines is 2. The Morgan fingerprint density at radius 1 is 1.08 bits per heavy atom. The Morgan fingerprint density at radius 3 is 2.04 bits per heavy atom. The number of nitrogens with two attached hydrogens (primary N) is 2. The van der Waals surface area contributed by atoms with Gasteiger partial charge < -0.3 is 21.1 Å². The molecule has 3 rings (SSSR count). The molecule has 0 aliphatic carbocycles. The molecule has 1 amide bonds. The Hall–Kier alpha value is -2.83. The Labute approximate surface area is 153 Å². The second-order valence-corrected chi connectivity index (χ2v) is 7.68. The molecule has 7 nitrogen and oxygen atoms in total. The van der Waals surface area contributed by atoms with Crippen LogP contribution in [0.25, 0.3) is 0 Å². The SMILES string of the molecule is CC(C)(C)OC(=O)N1CCC(c2ccc(N)nc2)(c2ccc(N)nc2)C1. The van der Waals surface area contributed by atoms with Crippen LogP contribution in [0.1, 0.15) is 38.3 Å². The molecular formula is C19H25N5O2. The number of nitrogens with zero attached hydrogens (tertiary/aromatic N) is 3. The zero-order valence-corrected chi connectivity index (χ0v) is 15.4. The normalized spacial score (nSPS) is 16.5. The van der Waals surface area contributed by atoms with Gasteiger partial charge in [-0.15, -0.1) is 0 Å². The number of pyridine rings is 2. The molecule has 0 bridgehead atoms. The van der Waals surface area contributed by atoms with Crippen LogP contribution in [-0.4, -0.2) is 39.7 Å². The highest BCUT2D eigenvalue weighted by molar-refractivity contribution is 5.69. The van der Waals surface area contributed by atoms with Crippen LogP contribution in [-0.2, 0) is 10.2 Å². The van der Waals surface area contributed by atoms with Crippen LogP contribution >= 0.6 is 0 Å². The van der Waals surface area contributed by atoms with E-state index >= 15 is 0 Å². The summed E-state index contributed by atoms with van der Waals surface area (Å²) in [7, 11) is 0. The largest absolute Gasteiger partial charge is 0.444 e. The fourth-order valence-electron chi connectivity index (χ4n) is 3.31. The molecule has 1 fully saturated rings. The van der Waals surface area contributed by atoms with Crippen LogP contribution in [0.2, 0.25) is 0 Å². The topological polar surface area (TPSA) is 107 Å². The first-order valence-corrected chi connectivity index (χ1v) is 8.62. The smallest absolute Gasteiger partial charge is 0.410 e. The van der Waals surface area contributed by atoms with Gasteiger partial charge in [-0.05, 0) is 50.5 Å². The molecule has 1 aliphatic rings. The van der Waals surface area contributed by atoms with Crippen molar-refractivity contribution in [1.82, 2.24) is 14.9 Å². The van der Waals surface area contributed by atoms with E-state index < -0.39 is 11.0 Å². The lowest BCUT2D eigenvalue weighted by Gasteiger charge is -2.31. The molecule has 3 heterocycles. The molecule has 1 saturated heterocycles. The second kappa shape index (κ2) is 6.48. The van der Waals surface area contributed by atoms with Gasteiger partial charge in [0.25, 0.3) is 0 Å². The third kappa shape index (κ3) is 3.56. The molecule has 1 aliphatic heterocycles. The molecule has 7 heteroatoms. The number of carbonyl (C=O) groups excluding carboxylic acids is 1. The fraction of sp³-hybridized carbons (Fsp3) is 0.421. The van der Waals surface area contributed by atoms with Crippen molar-refractivity contribution in [1.29, 1.82) is 0 Å². The number of hydrogen-bond acceptors (Lipinski definition) is 6. The molecule has 2 aromatic heterocycles. The van der Waals surface area contributed by atoms with Crippen LogP contribution in [0.5, 0.6) is 0 Å². The summed E-state index contributed by atoms with van der Waals surface area (Å²) >= 11 is 0. The third-order valence-electron chi connectivity index (χ3n) is 4.60. The molecular weight excluding hydrogens is 330 g/mol. The van der Waals surface area contributed by atoms with Crippen molar-refractivity contribution < 1.29 is 9.53 Å². The van der Waals surface area contributed by atoms with E-state index in [1.54, 1.807) is 29.4 Å². The Bertz CT molecular complexity index is 736. The van der Waals surface area contributed by atoms with Crippen molar-refractivity contribution >= 4 is 17.7 Å². The first kappa shape index (κ1) is 18.0. The molecule has 2 aromatic rings. The van der Waals surface area contributed by atoms with Crippen molar-refractivity contribution in [3.8, 4) is 0 Å². The number of carbonyl (C=O) groups is 1. The summed E-state index contributed by atoms with van der Waals surface area (Å²) in [5.74, 6) is 0.919. The Morgan fingerprint density at radius 2 is 1.62 bits per heavy atom. The van der Waals surface area contributed by atoms with E-state index in [1.807, 2.05) is 32.9 Å². The van der Waals surface area contributed by atoms with Gasteiger partial charge in [-0.2, -0.15) is 0 Å². The number of aromatic nitrogens is 2. The van der Waals surface area contributed by atoms with E-state index in [1.165, 1.54) is 0 Å². The monoisotopic (exact) mass is 355 g/mol. The van der Waals surface area contributed by atoms with Gasteiger partial charge in [0.15, 0.2) is 0 Å². The zero-order valence-electron chi connectivity index (χ0n) is 15.4. The molecule has 4 N–H and O–H groups in total. The summed E-state index contributed by atoms with van der Waals surface area (Å²) in [6.07, 6.45) is 3.96. The molecule has 0 radical (unpaired) electrons. The minimum Gasteiger partial charge on any atom is -0.444 e. The lowest BCUT2D eigenvalue weighted by molar-refractivity contribution is 0.0287. The van der Waals surface area contributed by atoms with E-state index in [4.69, 9.17) is 16.2 Å². The number of rotatable bonds is 2. The number of ether oxygens (including phenoxy) is 1. The highest BCUT2D eigenvalue weighted by atomic mass is 16.6. The van der Waals surface area contributed by atoms with E-state index in [9.17, 15) is 4.79 Å². The van der Waals surface area contributed by atoms with Crippen LogP contribution in [0.3, 0.4) is 0 Å². The van der Waals surface area contributed by atoms with Crippen LogP contribution in [0, 0.1) is 0 Å². The van der Waals surface area contributed by atoms with Crippen LogP contribution < -0.4 is 11.5 Å². The summed E-state index contributed by atoms with van der Waals surface area (Å²) in [5.41, 5.74) is 12.5. The predicted octanol–water partition coefficient (Wildman–Crippen LogP) is 2.57. The number of nitrogen functional groups attached to an aromatic ring is 2. The van der Waals surface area contributed by atoms with E-state index in [2.05, 4.69) is 9.97 Å². The molecule has 0 unspecified atom stereocenters. The summed E-state index contributed by atoms with van der Waals surface area (Å²) in [6.45, 7) is 6.66. The molecule has 138 valence electrons. The van der Waals surface area contributed by atoms with Gasteiger partial charge in [-0.3, -0.25) is 0 Å². The van der Waals surface area contributed by atoms with E-state index in [0.717, 1.165) is 17.5 Å². The van der Waals surface area contributed by atoms with Gasteiger partial charge in [0, 0.05) is 30.9 Å². The number of hydrogen-bond donors (Lipinski definition) is 2. The van der Waals surface area contributed by atoms with Crippen molar-refractivity contribution in [3.63, 3.8) is 0 Å². The van der Waals surface area contributed by atoms with Gasteiger partial charge in [-0.1, -0.05) is 12.1 Å². The first-order valence-electron chi connectivity index (χ1n) is 8.62. The summed E-state index contributed by atoms with van der Waals surface area (Å²) < 4.78 is 5.54. The van der Waals surface area contributed by atoms with Crippen molar-refractivity contribution in [2.75, 3.05) is 24.6 Å². The lowest BCUT2D eigenvalue weighted by atomic mass is 9.75.